The monoisotopic (exact) mass is 237 g/mol. The van der Waals surface area contributed by atoms with E-state index in [2.05, 4.69) is 5.32 Å². The van der Waals surface area contributed by atoms with Crippen LogP contribution in [-0.2, 0) is 14.6 Å². The second-order valence-corrected chi connectivity index (χ2v) is 6.85. The van der Waals surface area contributed by atoms with Crippen LogP contribution in [0.4, 0.5) is 0 Å². The van der Waals surface area contributed by atoms with Gasteiger partial charge < -0.3 is 10.1 Å². The first-order chi connectivity index (χ1) is 6.66. The number of sulfone groups is 1. The van der Waals surface area contributed by atoms with Gasteiger partial charge in [0.05, 0.1) is 11.4 Å². The average Bonchev–Trinajstić information content (AvgIpc) is 2.00. The molecule has 15 heavy (non-hydrogen) atoms. The highest BCUT2D eigenvalue weighted by atomic mass is 32.2. The fourth-order valence-electron chi connectivity index (χ4n) is 1.23. The predicted octanol–water partition coefficient (Wildman–Crippen LogP) is 0.824. The smallest absolute Gasteiger partial charge is 0.148 e. The van der Waals surface area contributed by atoms with Crippen LogP contribution in [0.1, 0.15) is 27.2 Å². The Morgan fingerprint density at radius 2 is 1.93 bits per heavy atom. The first-order valence-corrected chi connectivity index (χ1v) is 7.18. The Morgan fingerprint density at radius 3 is 2.33 bits per heavy atom. The summed E-state index contributed by atoms with van der Waals surface area (Å²) in [5.74, 6) is 0.181. The molecule has 5 heteroatoms. The average molecular weight is 237 g/mol. The van der Waals surface area contributed by atoms with Crippen molar-refractivity contribution in [1.82, 2.24) is 5.32 Å². The van der Waals surface area contributed by atoms with Crippen molar-refractivity contribution in [3.8, 4) is 0 Å². The van der Waals surface area contributed by atoms with Gasteiger partial charge in [-0.15, -0.1) is 0 Å². The van der Waals surface area contributed by atoms with E-state index in [4.69, 9.17) is 4.74 Å². The Morgan fingerprint density at radius 1 is 1.40 bits per heavy atom. The van der Waals surface area contributed by atoms with Gasteiger partial charge in [0.25, 0.3) is 0 Å². The van der Waals surface area contributed by atoms with Gasteiger partial charge in [0.2, 0.25) is 0 Å². The van der Waals surface area contributed by atoms with E-state index in [1.807, 2.05) is 20.8 Å². The highest BCUT2D eigenvalue weighted by Gasteiger charge is 2.16. The van der Waals surface area contributed by atoms with Gasteiger partial charge >= 0.3 is 0 Å². The van der Waals surface area contributed by atoms with Crippen molar-refractivity contribution in [2.45, 2.75) is 38.8 Å². The molecule has 0 aliphatic carbocycles. The van der Waals surface area contributed by atoms with Crippen molar-refractivity contribution in [3.63, 3.8) is 0 Å². The van der Waals surface area contributed by atoms with E-state index >= 15 is 0 Å². The van der Waals surface area contributed by atoms with Gasteiger partial charge in [-0.1, -0.05) is 0 Å². The number of hydrogen-bond donors (Lipinski definition) is 1. The molecule has 0 aromatic heterocycles. The van der Waals surface area contributed by atoms with Crippen LogP contribution >= 0.6 is 0 Å². The molecular formula is C10H23NO3S. The molecule has 0 amide bonds. The van der Waals surface area contributed by atoms with Gasteiger partial charge in [-0.25, -0.2) is 8.42 Å². The molecule has 1 atom stereocenters. The van der Waals surface area contributed by atoms with Gasteiger partial charge in [-0.05, 0) is 33.7 Å². The van der Waals surface area contributed by atoms with Crippen molar-refractivity contribution >= 4 is 9.84 Å². The van der Waals surface area contributed by atoms with E-state index in [9.17, 15) is 8.42 Å². The predicted molar refractivity (Wildman–Crippen MR) is 62.9 cm³/mol. The molecule has 0 aromatic rings. The molecule has 1 unspecified atom stereocenters. The van der Waals surface area contributed by atoms with E-state index in [0.717, 1.165) is 13.0 Å². The summed E-state index contributed by atoms with van der Waals surface area (Å²) in [7, 11) is -1.21. The SMILES string of the molecule is COC(C)(C)CCNC(C)CS(C)(=O)=O. The molecule has 0 heterocycles. The first kappa shape index (κ1) is 14.9. The molecule has 1 N–H and O–H groups in total. The second kappa shape index (κ2) is 5.82. The fourth-order valence-corrected chi connectivity index (χ4v) is 2.26. The van der Waals surface area contributed by atoms with Crippen LogP contribution in [0.2, 0.25) is 0 Å². The topological polar surface area (TPSA) is 55.4 Å². The van der Waals surface area contributed by atoms with Crippen LogP contribution in [0, 0.1) is 0 Å². The van der Waals surface area contributed by atoms with E-state index in [0.29, 0.717) is 0 Å². The molecule has 0 saturated heterocycles. The number of methoxy groups -OCH3 is 1. The van der Waals surface area contributed by atoms with Crippen LogP contribution in [0.5, 0.6) is 0 Å². The minimum absolute atomic E-state index is 0.00680. The second-order valence-electron chi connectivity index (χ2n) is 4.66. The van der Waals surface area contributed by atoms with Crippen LogP contribution in [0.3, 0.4) is 0 Å². The minimum Gasteiger partial charge on any atom is -0.379 e. The van der Waals surface area contributed by atoms with Crippen LogP contribution in [0.25, 0.3) is 0 Å². The van der Waals surface area contributed by atoms with Crippen LogP contribution < -0.4 is 5.32 Å². The van der Waals surface area contributed by atoms with Crippen molar-refractivity contribution in [2.75, 3.05) is 25.7 Å². The number of rotatable bonds is 7. The lowest BCUT2D eigenvalue weighted by molar-refractivity contribution is 0.0156. The number of nitrogens with one attached hydrogen (secondary N) is 1. The number of hydrogen-bond acceptors (Lipinski definition) is 4. The molecule has 0 radical (unpaired) electrons. The third-order valence-corrected chi connectivity index (χ3v) is 3.43. The fraction of sp³-hybridized carbons (Fsp3) is 1.00. The molecule has 0 aliphatic heterocycles. The molecule has 0 saturated carbocycles. The summed E-state index contributed by atoms with van der Waals surface area (Å²) >= 11 is 0. The quantitative estimate of drug-likeness (QED) is 0.712. The van der Waals surface area contributed by atoms with Crippen molar-refractivity contribution in [3.05, 3.63) is 0 Å². The third kappa shape index (κ3) is 8.84. The van der Waals surface area contributed by atoms with E-state index in [1.165, 1.54) is 6.26 Å². The van der Waals surface area contributed by atoms with E-state index < -0.39 is 9.84 Å². The maximum atomic E-state index is 11.0. The summed E-state index contributed by atoms with van der Waals surface area (Å²) in [6, 6.07) is -0.00680. The normalized spacial score (nSPS) is 15.3. The third-order valence-electron chi connectivity index (χ3n) is 2.33. The molecular weight excluding hydrogens is 214 g/mol. The summed E-state index contributed by atoms with van der Waals surface area (Å²) in [5.41, 5.74) is -0.155. The van der Waals surface area contributed by atoms with Crippen molar-refractivity contribution in [2.24, 2.45) is 0 Å². The van der Waals surface area contributed by atoms with Gasteiger partial charge in [0, 0.05) is 19.4 Å². The lowest BCUT2D eigenvalue weighted by Gasteiger charge is -2.24. The molecule has 92 valence electrons. The van der Waals surface area contributed by atoms with Gasteiger partial charge in [0.1, 0.15) is 9.84 Å². The van der Waals surface area contributed by atoms with Crippen LogP contribution in [0.15, 0.2) is 0 Å². The molecule has 0 bridgehead atoms. The van der Waals surface area contributed by atoms with Gasteiger partial charge in [-0.2, -0.15) is 0 Å². The maximum Gasteiger partial charge on any atom is 0.148 e. The Kier molecular flexibility index (Phi) is 5.77. The van der Waals surface area contributed by atoms with Gasteiger partial charge in [0.15, 0.2) is 0 Å². The lowest BCUT2D eigenvalue weighted by Crippen LogP contribution is -2.36. The highest BCUT2D eigenvalue weighted by Crippen LogP contribution is 2.11. The zero-order valence-corrected chi connectivity index (χ0v) is 11.1. The van der Waals surface area contributed by atoms with Crippen LogP contribution in [-0.4, -0.2) is 45.7 Å². The molecule has 0 spiro atoms. The summed E-state index contributed by atoms with van der Waals surface area (Å²) in [4.78, 5) is 0. The lowest BCUT2D eigenvalue weighted by atomic mass is 10.1. The Labute approximate surface area is 93.3 Å². The highest BCUT2D eigenvalue weighted by molar-refractivity contribution is 7.90. The zero-order chi connectivity index (χ0) is 12.1. The zero-order valence-electron chi connectivity index (χ0n) is 10.3. The van der Waals surface area contributed by atoms with Gasteiger partial charge in [-0.3, -0.25) is 0 Å². The minimum atomic E-state index is -2.89. The molecule has 0 rings (SSSR count). The molecule has 0 aromatic carbocycles. The summed E-state index contributed by atoms with van der Waals surface area (Å²) in [6.45, 7) is 6.66. The first-order valence-electron chi connectivity index (χ1n) is 5.12. The van der Waals surface area contributed by atoms with E-state index in [-0.39, 0.29) is 17.4 Å². The maximum absolute atomic E-state index is 11.0. The van der Waals surface area contributed by atoms with Crippen molar-refractivity contribution in [1.29, 1.82) is 0 Å². The molecule has 0 fully saturated rings. The van der Waals surface area contributed by atoms with E-state index in [1.54, 1.807) is 7.11 Å². The number of ether oxygens (including phenoxy) is 1. The summed E-state index contributed by atoms with van der Waals surface area (Å²) in [6.07, 6.45) is 2.11. The standard InChI is InChI=1S/C10H23NO3S/c1-9(8-15(5,12)13)11-7-6-10(2,3)14-4/h9,11H,6-8H2,1-5H3. The Balaban J connectivity index is 3.78. The summed E-state index contributed by atoms with van der Waals surface area (Å²) in [5, 5.41) is 3.17. The molecule has 4 nitrogen and oxygen atoms in total. The Hall–Kier alpha value is -0.130. The summed E-state index contributed by atoms with van der Waals surface area (Å²) < 4.78 is 27.2. The largest absolute Gasteiger partial charge is 0.379 e. The Bertz CT molecular complexity index is 272. The molecule has 0 aliphatic rings. The van der Waals surface area contributed by atoms with Crippen molar-refractivity contribution < 1.29 is 13.2 Å².